The van der Waals surface area contributed by atoms with Gasteiger partial charge in [-0.3, -0.25) is 4.90 Å². The normalized spacial score (nSPS) is 37.8. The van der Waals surface area contributed by atoms with Crippen LogP contribution in [-0.2, 0) is 4.74 Å². The van der Waals surface area contributed by atoms with Crippen molar-refractivity contribution in [3.8, 4) is 0 Å². The lowest BCUT2D eigenvalue weighted by molar-refractivity contribution is -0.185. The smallest absolute Gasteiger partial charge is 0.0760 e. The molecule has 0 unspecified atom stereocenters. The van der Waals surface area contributed by atoms with Crippen LogP contribution in [0.2, 0.25) is 0 Å². The molecule has 0 spiro atoms. The van der Waals surface area contributed by atoms with Gasteiger partial charge in [0.15, 0.2) is 0 Å². The van der Waals surface area contributed by atoms with E-state index in [0.29, 0.717) is 5.41 Å². The molecule has 1 saturated carbocycles. The molecule has 0 bridgehead atoms. The summed E-state index contributed by atoms with van der Waals surface area (Å²) in [6.45, 7) is 15.2. The van der Waals surface area contributed by atoms with Crippen LogP contribution in [0.15, 0.2) is 0 Å². The first-order chi connectivity index (χ1) is 9.15. The van der Waals surface area contributed by atoms with Gasteiger partial charge in [0.05, 0.1) is 11.2 Å². The molecule has 0 aromatic heterocycles. The van der Waals surface area contributed by atoms with Crippen LogP contribution in [0.1, 0.15) is 60.3 Å². The van der Waals surface area contributed by atoms with Crippen LogP contribution >= 0.6 is 0 Å². The van der Waals surface area contributed by atoms with E-state index in [4.69, 9.17) is 10.5 Å². The van der Waals surface area contributed by atoms with Gasteiger partial charge >= 0.3 is 0 Å². The standard InChI is InChI=1S/C17H34N2O/c1-14-6-8-17(10-18,9-7-14)13-19-11-15(2,3)20-16(4,5)12-19/h14H,6-13,18H2,1-5H3. The average molecular weight is 282 g/mol. The molecule has 0 amide bonds. The van der Waals surface area contributed by atoms with Crippen LogP contribution in [0, 0.1) is 11.3 Å². The molecule has 1 heterocycles. The maximum absolute atomic E-state index is 6.19. The second kappa shape index (κ2) is 5.58. The highest BCUT2D eigenvalue weighted by Gasteiger charge is 2.42. The van der Waals surface area contributed by atoms with Crippen LogP contribution < -0.4 is 5.73 Å². The molecular weight excluding hydrogens is 248 g/mol. The SMILES string of the molecule is CC1CCC(CN)(CN2CC(C)(C)OC(C)(C)C2)CC1. The number of nitrogens with zero attached hydrogens (tertiary/aromatic N) is 1. The molecule has 3 nitrogen and oxygen atoms in total. The van der Waals surface area contributed by atoms with Gasteiger partial charge in [-0.2, -0.15) is 0 Å². The molecule has 1 saturated heterocycles. The average Bonchev–Trinajstić information content (AvgIpc) is 2.28. The molecule has 20 heavy (non-hydrogen) atoms. The van der Waals surface area contributed by atoms with Crippen molar-refractivity contribution in [3.63, 3.8) is 0 Å². The second-order valence-electron chi connectivity index (χ2n) is 8.65. The van der Waals surface area contributed by atoms with E-state index >= 15 is 0 Å². The Morgan fingerprint density at radius 3 is 2.00 bits per heavy atom. The lowest BCUT2D eigenvalue weighted by atomic mass is 9.70. The van der Waals surface area contributed by atoms with E-state index in [1.807, 2.05) is 0 Å². The Hall–Kier alpha value is -0.120. The molecule has 118 valence electrons. The summed E-state index contributed by atoms with van der Waals surface area (Å²) < 4.78 is 6.19. The molecule has 0 aromatic rings. The molecule has 0 aromatic carbocycles. The molecule has 2 fully saturated rings. The van der Waals surface area contributed by atoms with Crippen molar-refractivity contribution in [1.82, 2.24) is 4.90 Å². The molecule has 1 aliphatic carbocycles. The molecule has 2 aliphatic rings. The third kappa shape index (κ3) is 3.96. The van der Waals surface area contributed by atoms with E-state index in [1.54, 1.807) is 0 Å². The van der Waals surface area contributed by atoms with Gasteiger partial charge in [-0.1, -0.05) is 19.8 Å². The number of hydrogen-bond acceptors (Lipinski definition) is 3. The summed E-state index contributed by atoms with van der Waals surface area (Å²) in [5.74, 6) is 0.882. The first kappa shape index (κ1) is 16.3. The van der Waals surface area contributed by atoms with E-state index in [1.165, 1.54) is 25.7 Å². The van der Waals surface area contributed by atoms with E-state index in [2.05, 4.69) is 39.5 Å². The predicted octanol–water partition coefficient (Wildman–Crippen LogP) is 3.03. The summed E-state index contributed by atoms with van der Waals surface area (Å²) in [5.41, 5.74) is 6.41. The summed E-state index contributed by atoms with van der Waals surface area (Å²) in [6.07, 6.45) is 5.27. The van der Waals surface area contributed by atoms with Crippen LogP contribution in [-0.4, -0.2) is 42.3 Å². The Kier molecular flexibility index (Phi) is 4.54. The first-order valence-corrected chi connectivity index (χ1v) is 8.28. The Morgan fingerprint density at radius 2 is 1.55 bits per heavy atom. The van der Waals surface area contributed by atoms with Crippen LogP contribution in [0.5, 0.6) is 0 Å². The zero-order valence-corrected chi connectivity index (χ0v) is 14.2. The van der Waals surface area contributed by atoms with E-state index in [0.717, 1.165) is 32.1 Å². The van der Waals surface area contributed by atoms with Gasteiger partial charge in [0.2, 0.25) is 0 Å². The minimum absolute atomic E-state index is 0.0561. The lowest BCUT2D eigenvalue weighted by Crippen LogP contribution is -2.59. The van der Waals surface area contributed by atoms with Crippen LogP contribution in [0.3, 0.4) is 0 Å². The molecule has 1 aliphatic heterocycles. The topological polar surface area (TPSA) is 38.5 Å². The molecular formula is C17H34N2O. The third-order valence-corrected chi connectivity index (χ3v) is 5.09. The highest BCUT2D eigenvalue weighted by Crippen LogP contribution is 2.40. The summed E-state index contributed by atoms with van der Waals surface area (Å²) in [4.78, 5) is 2.60. The molecule has 3 heteroatoms. The van der Waals surface area contributed by atoms with Crippen molar-refractivity contribution in [1.29, 1.82) is 0 Å². The van der Waals surface area contributed by atoms with Gasteiger partial charge in [-0.25, -0.2) is 0 Å². The molecule has 0 atom stereocenters. The van der Waals surface area contributed by atoms with Crippen molar-refractivity contribution < 1.29 is 4.74 Å². The van der Waals surface area contributed by atoms with Crippen molar-refractivity contribution in [2.24, 2.45) is 17.1 Å². The highest BCUT2D eigenvalue weighted by molar-refractivity contribution is 4.94. The van der Waals surface area contributed by atoms with E-state index < -0.39 is 0 Å². The lowest BCUT2D eigenvalue weighted by Gasteiger charge is -2.50. The van der Waals surface area contributed by atoms with Crippen molar-refractivity contribution in [2.45, 2.75) is 71.5 Å². The Labute approximate surface area is 125 Å². The fourth-order valence-electron chi connectivity index (χ4n) is 4.33. The van der Waals surface area contributed by atoms with Crippen LogP contribution in [0.25, 0.3) is 0 Å². The zero-order valence-electron chi connectivity index (χ0n) is 14.2. The monoisotopic (exact) mass is 282 g/mol. The Morgan fingerprint density at radius 1 is 1.05 bits per heavy atom. The maximum Gasteiger partial charge on any atom is 0.0760 e. The molecule has 2 rings (SSSR count). The number of ether oxygens (including phenoxy) is 1. The Bertz CT molecular complexity index is 314. The summed E-state index contributed by atoms with van der Waals surface area (Å²) >= 11 is 0. The van der Waals surface area contributed by atoms with Gasteiger partial charge in [0.1, 0.15) is 0 Å². The van der Waals surface area contributed by atoms with Crippen molar-refractivity contribution in [2.75, 3.05) is 26.2 Å². The number of hydrogen-bond donors (Lipinski definition) is 1. The number of rotatable bonds is 3. The summed E-state index contributed by atoms with van der Waals surface area (Å²) in [7, 11) is 0. The van der Waals surface area contributed by atoms with Gasteiger partial charge in [-0.15, -0.1) is 0 Å². The van der Waals surface area contributed by atoms with Crippen LogP contribution in [0.4, 0.5) is 0 Å². The second-order valence-corrected chi connectivity index (χ2v) is 8.65. The summed E-state index contributed by atoms with van der Waals surface area (Å²) in [5, 5.41) is 0. The van der Waals surface area contributed by atoms with E-state index in [9.17, 15) is 0 Å². The minimum atomic E-state index is -0.0561. The fourth-order valence-corrected chi connectivity index (χ4v) is 4.33. The van der Waals surface area contributed by atoms with Gasteiger partial charge in [-0.05, 0) is 58.4 Å². The quantitative estimate of drug-likeness (QED) is 0.864. The van der Waals surface area contributed by atoms with Crippen molar-refractivity contribution >= 4 is 0 Å². The number of nitrogens with two attached hydrogens (primary N) is 1. The largest absolute Gasteiger partial charge is 0.367 e. The summed E-state index contributed by atoms with van der Waals surface area (Å²) in [6, 6.07) is 0. The number of morpholine rings is 1. The Balaban J connectivity index is 2.04. The third-order valence-electron chi connectivity index (χ3n) is 5.09. The first-order valence-electron chi connectivity index (χ1n) is 8.28. The van der Waals surface area contributed by atoms with Gasteiger partial charge < -0.3 is 10.5 Å². The zero-order chi connectivity index (χ0) is 15.0. The van der Waals surface area contributed by atoms with Gasteiger partial charge in [0, 0.05) is 19.6 Å². The predicted molar refractivity (Wildman–Crippen MR) is 84.8 cm³/mol. The van der Waals surface area contributed by atoms with Crippen molar-refractivity contribution in [3.05, 3.63) is 0 Å². The van der Waals surface area contributed by atoms with E-state index in [-0.39, 0.29) is 11.2 Å². The highest BCUT2D eigenvalue weighted by atomic mass is 16.5. The molecule has 0 radical (unpaired) electrons. The fraction of sp³-hybridized carbons (Fsp3) is 1.00. The maximum atomic E-state index is 6.19. The van der Waals surface area contributed by atoms with Gasteiger partial charge in [0.25, 0.3) is 0 Å². The minimum Gasteiger partial charge on any atom is -0.367 e. The molecule has 2 N–H and O–H groups in total.